The van der Waals surface area contributed by atoms with Crippen LogP contribution in [-0.2, 0) is 4.79 Å². The average molecular weight is 359 g/mol. The number of nitrogens with zero attached hydrogens (tertiary/aromatic N) is 1. The quantitative estimate of drug-likeness (QED) is 0.827. The largest absolute Gasteiger partial charge is 0.480 e. The molecule has 2 N–H and O–H groups in total. The van der Waals surface area contributed by atoms with Crippen LogP contribution >= 0.6 is 11.6 Å². The monoisotopic (exact) mass is 358 g/mol. The van der Waals surface area contributed by atoms with Gasteiger partial charge < -0.3 is 14.9 Å². The molecule has 2 rings (SSSR count). The first-order valence-corrected chi connectivity index (χ1v) is 7.22. The van der Waals surface area contributed by atoms with Crippen molar-refractivity contribution >= 4 is 23.5 Å². The van der Waals surface area contributed by atoms with Crippen molar-refractivity contribution in [2.75, 3.05) is 0 Å². The van der Waals surface area contributed by atoms with Gasteiger partial charge in [0.2, 0.25) is 6.43 Å². The Labute approximate surface area is 140 Å². The van der Waals surface area contributed by atoms with E-state index in [-0.39, 0.29) is 17.0 Å². The van der Waals surface area contributed by atoms with Gasteiger partial charge in [-0.1, -0.05) is 35.0 Å². The molecule has 0 aliphatic rings. The number of amides is 1. The molecule has 1 heterocycles. The molecule has 0 saturated carbocycles. The molecule has 6 nitrogen and oxygen atoms in total. The van der Waals surface area contributed by atoms with E-state index in [0.717, 1.165) is 0 Å². The number of alkyl halides is 2. The van der Waals surface area contributed by atoms with E-state index < -0.39 is 30.8 Å². The van der Waals surface area contributed by atoms with Crippen molar-refractivity contribution in [1.82, 2.24) is 10.5 Å². The number of hydrogen-bond acceptors (Lipinski definition) is 4. The topological polar surface area (TPSA) is 92.4 Å². The van der Waals surface area contributed by atoms with E-state index in [1.165, 1.54) is 6.92 Å². The van der Waals surface area contributed by atoms with Crippen molar-refractivity contribution < 1.29 is 28.0 Å². The predicted octanol–water partition coefficient (Wildman–Crippen LogP) is 3.14. The molecular weight excluding hydrogens is 346 g/mol. The van der Waals surface area contributed by atoms with Gasteiger partial charge >= 0.3 is 5.97 Å². The zero-order valence-corrected chi connectivity index (χ0v) is 13.2. The number of carboxylic acids is 1. The zero-order chi connectivity index (χ0) is 17.9. The van der Waals surface area contributed by atoms with Crippen LogP contribution in [0.25, 0.3) is 11.3 Å². The fraction of sp³-hybridized carbons (Fsp3) is 0.267. The Balaban J connectivity index is 2.35. The summed E-state index contributed by atoms with van der Waals surface area (Å²) in [4.78, 5) is 23.4. The van der Waals surface area contributed by atoms with E-state index in [4.69, 9.17) is 21.2 Å². The molecule has 1 atom stereocenters. The number of halogens is 3. The van der Waals surface area contributed by atoms with Crippen LogP contribution in [0.4, 0.5) is 8.78 Å². The van der Waals surface area contributed by atoms with Crippen molar-refractivity contribution in [2.24, 2.45) is 0 Å². The number of rotatable bonds is 6. The van der Waals surface area contributed by atoms with E-state index in [2.05, 4.69) is 10.5 Å². The summed E-state index contributed by atoms with van der Waals surface area (Å²) >= 11 is 6.06. The molecule has 1 aromatic carbocycles. The molecule has 2 aromatic rings. The lowest BCUT2D eigenvalue weighted by atomic mass is 10.0. The number of carbonyl (C=O) groups is 2. The highest BCUT2D eigenvalue weighted by Crippen LogP contribution is 2.31. The van der Waals surface area contributed by atoms with Gasteiger partial charge in [0.15, 0.2) is 0 Å². The molecule has 1 amide bonds. The lowest BCUT2D eigenvalue weighted by Crippen LogP contribution is -2.42. The molecule has 9 heteroatoms. The van der Waals surface area contributed by atoms with E-state index in [9.17, 15) is 18.4 Å². The Hall–Kier alpha value is -2.48. The van der Waals surface area contributed by atoms with Crippen molar-refractivity contribution in [1.29, 1.82) is 0 Å². The zero-order valence-electron chi connectivity index (χ0n) is 12.4. The molecule has 128 valence electrons. The summed E-state index contributed by atoms with van der Waals surface area (Å²) in [6, 6.07) is 4.81. The molecular formula is C15H13ClF2N2O4. The first-order valence-electron chi connectivity index (χ1n) is 6.84. The number of aromatic nitrogens is 1. The van der Waals surface area contributed by atoms with Crippen LogP contribution in [0.15, 0.2) is 28.8 Å². The van der Waals surface area contributed by atoms with E-state index >= 15 is 0 Å². The molecule has 0 aliphatic carbocycles. The van der Waals surface area contributed by atoms with Crippen LogP contribution in [-0.4, -0.2) is 34.6 Å². The number of carboxylic acid groups (broad SMARTS) is 1. The Kier molecular flexibility index (Phi) is 5.50. The molecule has 0 radical (unpaired) electrons. The normalized spacial score (nSPS) is 12.2. The third-order valence-corrected chi connectivity index (χ3v) is 3.57. The van der Waals surface area contributed by atoms with Gasteiger partial charge in [0.25, 0.3) is 5.91 Å². The van der Waals surface area contributed by atoms with Gasteiger partial charge in [-0.2, -0.15) is 0 Å². The summed E-state index contributed by atoms with van der Waals surface area (Å²) in [5.74, 6) is -2.32. The first kappa shape index (κ1) is 17.9. The standard InChI is InChI=1S/C15H13ClF2N2O4/c1-7-12(14(21)19-10(15(22)23)6-11(17)18)13(20-24-7)8-4-2-3-5-9(8)16/h2-5,10-11H,6H2,1H3,(H,19,21)(H,22,23). The number of hydrogen-bond donors (Lipinski definition) is 2. The first-order chi connectivity index (χ1) is 11.3. The maximum absolute atomic E-state index is 12.5. The second-order valence-electron chi connectivity index (χ2n) is 4.93. The molecule has 0 bridgehead atoms. The Bertz CT molecular complexity index is 764. The molecule has 24 heavy (non-hydrogen) atoms. The Morgan fingerprint density at radius 2 is 2.04 bits per heavy atom. The van der Waals surface area contributed by atoms with Gasteiger partial charge in [0, 0.05) is 12.0 Å². The van der Waals surface area contributed by atoms with Crippen LogP contribution in [0.2, 0.25) is 5.02 Å². The maximum Gasteiger partial charge on any atom is 0.326 e. The van der Waals surface area contributed by atoms with E-state index in [0.29, 0.717) is 10.6 Å². The minimum absolute atomic E-state index is 0.0522. The highest BCUT2D eigenvalue weighted by molar-refractivity contribution is 6.33. The van der Waals surface area contributed by atoms with E-state index in [1.807, 2.05) is 0 Å². The summed E-state index contributed by atoms with van der Waals surface area (Å²) in [6.45, 7) is 1.45. The third-order valence-electron chi connectivity index (χ3n) is 3.24. The van der Waals surface area contributed by atoms with Gasteiger partial charge in [-0.05, 0) is 13.0 Å². The van der Waals surface area contributed by atoms with Crippen LogP contribution in [0.1, 0.15) is 22.5 Å². The molecule has 0 saturated heterocycles. The molecule has 0 fully saturated rings. The van der Waals surface area contributed by atoms with Crippen LogP contribution in [0.5, 0.6) is 0 Å². The average Bonchev–Trinajstić information content (AvgIpc) is 2.88. The highest BCUT2D eigenvalue weighted by Gasteiger charge is 2.29. The SMILES string of the molecule is Cc1onc(-c2ccccc2Cl)c1C(=O)NC(CC(F)F)C(=O)O. The number of benzene rings is 1. The second-order valence-corrected chi connectivity index (χ2v) is 5.34. The molecule has 0 spiro atoms. The van der Waals surface area contributed by atoms with Crippen molar-refractivity contribution in [3.05, 3.63) is 40.6 Å². The summed E-state index contributed by atoms with van der Waals surface area (Å²) < 4.78 is 29.9. The van der Waals surface area contributed by atoms with Gasteiger partial charge in [0.05, 0.1) is 5.02 Å². The molecule has 0 aliphatic heterocycles. The van der Waals surface area contributed by atoms with Crippen LogP contribution < -0.4 is 5.32 Å². The third kappa shape index (κ3) is 3.88. The highest BCUT2D eigenvalue weighted by atomic mass is 35.5. The smallest absolute Gasteiger partial charge is 0.326 e. The minimum Gasteiger partial charge on any atom is -0.480 e. The van der Waals surface area contributed by atoms with Gasteiger partial charge in [-0.15, -0.1) is 0 Å². The lowest BCUT2D eigenvalue weighted by Gasteiger charge is -2.14. The number of carbonyl (C=O) groups excluding carboxylic acids is 1. The molecule has 1 aromatic heterocycles. The molecule has 1 unspecified atom stereocenters. The predicted molar refractivity (Wildman–Crippen MR) is 81.2 cm³/mol. The Morgan fingerprint density at radius 3 is 2.62 bits per heavy atom. The number of nitrogens with one attached hydrogen (secondary N) is 1. The van der Waals surface area contributed by atoms with Crippen molar-refractivity contribution in [2.45, 2.75) is 25.8 Å². The van der Waals surface area contributed by atoms with Crippen LogP contribution in [0.3, 0.4) is 0 Å². The van der Waals surface area contributed by atoms with Gasteiger partial charge in [-0.25, -0.2) is 13.6 Å². The summed E-state index contributed by atoms with van der Waals surface area (Å²) in [5.41, 5.74) is 0.460. The fourth-order valence-electron chi connectivity index (χ4n) is 2.11. The fourth-order valence-corrected chi connectivity index (χ4v) is 2.33. The Morgan fingerprint density at radius 1 is 1.38 bits per heavy atom. The van der Waals surface area contributed by atoms with Crippen LogP contribution in [0, 0.1) is 6.92 Å². The second kappa shape index (κ2) is 7.39. The summed E-state index contributed by atoms with van der Waals surface area (Å²) in [5, 5.41) is 15.1. The lowest BCUT2D eigenvalue weighted by molar-refractivity contribution is -0.140. The minimum atomic E-state index is -2.88. The van der Waals surface area contributed by atoms with Gasteiger partial charge in [-0.3, -0.25) is 4.79 Å². The van der Waals surface area contributed by atoms with Crippen molar-refractivity contribution in [3.63, 3.8) is 0 Å². The van der Waals surface area contributed by atoms with Gasteiger partial charge in [0.1, 0.15) is 23.1 Å². The number of aliphatic carboxylic acids is 1. The number of aryl methyl sites for hydroxylation is 1. The maximum atomic E-state index is 12.5. The van der Waals surface area contributed by atoms with Crippen molar-refractivity contribution in [3.8, 4) is 11.3 Å². The summed E-state index contributed by atoms with van der Waals surface area (Å²) in [6.07, 6.45) is -3.88. The van der Waals surface area contributed by atoms with E-state index in [1.54, 1.807) is 24.3 Å². The summed E-state index contributed by atoms with van der Waals surface area (Å²) in [7, 11) is 0.